The van der Waals surface area contributed by atoms with Crippen molar-refractivity contribution in [1.29, 1.82) is 0 Å². The number of aromatic amines is 1. The van der Waals surface area contributed by atoms with E-state index in [-0.39, 0.29) is 0 Å². The maximum Gasteiger partial charge on any atom is 0.190 e. The predicted octanol–water partition coefficient (Wildman–Crippen LogP) is 3.87. The van der Waals surface area contributed by atoms with Gasteiger partial charge in [-0.25, -0.2) is 9.97 Å². The molecule has 6 heteroatoms. The van der Waals surface area contributed by atoms with E-state index in [1.807, 2.05) is 31.5 Å². The lowest BCUT2D eigenvalue weighted by atomic mass is 10.3. The lowest BCUT2D eigenvalue weighted by Gasteiger charge is -2.04. The molecule has 0 aliphatic heterocycles. The fourth-order valence-electron chi connectivity index (χ4n) is 1.89. The second-order valence-corrected chi connectivity index (χ2v) is 5.99. The third-order valence-electron chi connectivity index (χ3n) is 2.84. The summed E-state index contributed by atoms with van der Waals surface area (Å²) in [6.07, 6.45) is 1.98. The first-order chi connectivity index (χ1) is 9.78. The Balaban J connectivity index is 1.93. The number of thioether (sulfide) groups is 1. The lowest BCUT2D eigenvalue weighted by molar-refractivity contribution is 0.896. The average Bonchev–Trinajstić information content (AvgIpc) is 2.88. The highest BCUT2D eigenvalue weighted by Gasteiger charge is 2.07. The van der Waals surface area contributed by atoms with Gasteiger partial charge in [-0.1, -0.05) is 41.7 Å². The van der Waals surface area contributed by atoms with Gasteiger partial charge in [0.1, 0.15) is 10.8 Å². The molecule has 0 saturated carbocycles. The molecule has 0 unspecified atom stereocenters. The summed E-state index contributed by atoms with van der Waals surface area (Å²) in [7, 11) is 1.86. The van der Waals surface area contributed by atoms with E-state index in [0.29, 0.717) is 0 Å². The van der Waals surface area contributed by atoms with Crippen LogP contribution < -0.4 is 5.32 Å². The Morgan fingerprint density at radius 2 is 2.00 bits per heavy atom. The summed E-state index contributed by atoms with van der Waals surface area (Å²) in [6.45, 7) is 0. The summed E-state index contributed by atoms with van der Waals surface area (Å²) >= 11 is 3.15. The number of nitrogens with zero attached hydrogens (tertiary/aromatic N) is 2. The molecule has 0 aliphatic carbocycles. The molecule has 2 N–H and O–H groups in total. The molecule has 0 amide bonds. The van der Waals surface area contributed by atoms with Crippen molar-refractivity contribution in [3.63, 3.8) is 0 Å². The fraction of sp³-hybridized carbons (Fsp3) is 0.143. The Morgan fingerprint density at radius 1 is 1.15 bits per heavy atom. The summed E-state index contributed by atoms with van der Waals surface area (Å²) in [5.41, 5.74) is 1.14. The van der Waals surface area contributed by atoms with Crippen LogP contribution in [-0.4, -0.2) is 28.3 Å². The van der Waals surface area contributed by atoms with Gasteiger partial charge in [0.2, 0.25) is 0 Å². The summed E-state index contributed by atoms with van der Waals surface area (Å²) in [6, 6.07) is 12.3. The van der Waals surface area contributed by atoms with E-state index < -0.39 is 0 Å². The minimum Gasteiger partial charge on any atom is -0.373 e. The normalized spacial score (nSPS) is 10.9. The van der Waals surface area contributed by atoms with E-state index >= 15 is 0 Å². The maximum absolute atomic E-state index is 4.52. The van der Waals surface area contributed by atoms with Gasteiger partial charge in [0.25, 0.3) is 0 Å². The number of benzene rings is 1. The molecule has 0 fully saturated rings. The van der Waals surface area contributed by atoms with E-state index in [1.165, 1.54) is 5.39 Å². The van der Waals surface area contributed by atoms with Gasteiger partial charge in [-0.15, -0.1) is 0 Å². The molecule has 3 rings (SSSR count). The third-order valence-corrected chi connectivity index (χ3v) is 4.25. The first kappa shape index (κ1) is 13.3. The zero-order valence-electron chi connectivity index (χ0n) is 11.2. The zero-order chi connectivity index (χ0) is 13.9. The number of hydrogen-bond donors (Lipinski definition) is 2. The van der Waals surface area contributed by atoms with E-state index in [1.54, 1.807) is 23.5 Å². The molecule has 102 valence electrons. The minimum absolute atomic E-state index is 0.774. The van der Waals surface area contributed by atoms with Gasteiger partial charge in [0.05, 0.1) is 5.03 Å². The molecule has 1 aromatic carbocycles. The summed E-state index contributed by atoms with van der Waals surface area (Å²) in [5.74, 6) is 0.836. The monoisotopic (exact) mass is 302 g/mol. The predicted molar refractivity (Wildman–Crippen MR) is 85.8 cm³/mol. The third kappa shape index (κ3) is 2.76. The van der Waals surface area contributed by atoms with Crippen LogP contribution in [-0.2, 0) is 0 Å². The minimum atomic E-state index is 0.774. The molecular weight excluding hydrogens is 288 g/mol. The SMILES string of the molecule is CNc1cc(Sc2cc3ccccc3[nH]2)nc(SC)n1. The number of para-hydroxylation sites is 1. The first-order valence-corrected chi connectivity index (χ1v) is 8.19. The molecule has 0 aliphatic rings. The number of H-pyrrole nitrogens is 1. The average molecular weight is 302 g/mol. The van der Waals surface area contributed by atoms with E-state index in [0.717, 1.165) is 26.5 Å². The smallest absolute Gasteiger partial charge is 0.190 e. The fourth-order valence-corrected chi connectivity index (χ4v) is 3.20. The second kappa shape index (κ2) is 5.76. The molecular formula is C14H14N4S2. The standard InChI is InChI=1S/C14H14N4S2/c1-15-11-8-13(18-14(17-11)19-2)20-12-7-9-5-3-4-6-10(9)16-12/h3-8,16H,1-2H3,(H,15,17,18). The van der Waals surface area contributed by atoms with E-state index in [2.05, 4.69) is 38.5 Å². The van der Waals surface area contributed by atoms with Gasteiger partial charge < -0.3 is 10.3 Å². The number of aromatic nitrogens is 3. The van der Waals surface area contributed by atoms with Crippen molar-refractivity contribution in [2.45, 2.75) is 15.2 Å². The van der Waals surface area contributed by atoms with Crippen LogP contribution in [0.5, 0.6) is 0 Å². The van der Waals surface area contributed by atoms with Gasteiger partial charge in [0.15, 0.2) is 5.16 Å². The highest BCUT2D eigenvalue weighted by molar-refractivity contribution is 7.99. The highest BCUT2D eigenvalue weighted by atomic mass is 32.2. The molecule has 2 heterocycles. The van der Waals surface area contributed by atoms with Crippen molar-refractivity contribution in [3.05, 3.63) is 36.4 Å². The van der Waals surface area contributed by atoms with E-state index in [4.69, 9.17) is 0 Å². The van der Waals surface area contributed by atoms with Crippen molar-refractivity contribution in [1.82, 2.24) is 15.0 Å². The summed E-state index contributed by atoms with van der Waals surface area (Å²) in [5, 5.41) is 7.06. The van der Waals surface area contributed by atoms with Crippen LogP contribution in [0.3, 0.4) is 0 Å². The van der Waals surface area contributed by atoms with Crippen LogP contribution in [0.25, 0.3) is 10.9 Å². The first-order valence-electron chi connectivity index (χ1n) is 6.15. The lowest BCUT2D eigenvalue weighted by Crippen LogP contribution is -1.96. The largest absolute Gasteiger partial charge is 0.373 e. The van der Waals surface area contributed by atoms with E-state index in [9.17, 15) is 0 Å². The maximum atomic E-state index is 4.52. The van der Waals surface area contributed by atoms with Crippen molar-refractivity contribution in [2.24, 2.45) is 0 Å². The molecule has 3 aromatic rings. The molecule has 0 saturated heterocycles. The number of nitrogens with one attached hydrogen (secondary N) is 2. The molecule has 0 spiro atoms. The van der Waals surface area contributed by atoms with Gasteiger partial charge >= 0.3 is 0 Å². The molecule has 20 heavy (non-hydrogen) atoms. The zero-order valence-corrected chi connectivity index (χ0v) is 12.8. The van der Waals surface area contributed by atoms with Gasteiger partial charge in [-0.05, 0) is 18.4 Å². The number of anilines is 1. The topological polar surface area (TPSA) is 53.6 Å². The molecule has 4 nitrogen and oxygen atoms in total. The Labute approximate surface area is 125 Å². The quantitative estimate of drug-likeness (QED) is 0.435. The Kier molecular flexibility index (Phi) is 3.84. The van der Waals surface area contributed by atoms with Gasteiger partial charge in [-0.3, -0.25) is 0 Å². The van der Waals surface area contributed by atoms with Crippen LogP contribution >= 0.6 is 23.5 Å². The van der Waals surface area contributed by atoms with Crippen LogP contribution in [0.4, 0.5) is 5.82 Å². The molecule has 2 aromatic heterocycles. The van der Waals surface area contributed by atoms with Crippen LogP contribution in [0, 0.1) is 0 Å². The Morgan fingerprint density at radius 3 is 2.75 bits per heavy atom. The van der Waals surface area contributed by atoms with Gasteiger partial charge in [0, 0.05) is 24.0 Å². The van der Waals surface area contributed by atoms with Crippen molar-refractivity contribution in [3.8, 4) is 0 Å². The van der Waals surface area contributed by atoms with Crippen molar-refractivity contribution in [2.75, 3.05) is 18.6 Å². The van der Waals surface area contributed by atoms with Crippen LogP contribution in [0.1, 0.15) is 0 Å². The molecule has 0 radical (unpaired) electrons. The summed E-state index contributed by atoms with van der Waals surface area (Å²) < 4.78 is 0. The van der Waals surface area contributed by atoms with Crippen LogP contribution in [0.15, 0.2) is 51.6 Å². The number of fused-ring (bicyclic) bond motifs is 1. The van der Waals surface area contributed by atoms with Crippen molar-refractivity contribution >= 4 is 40.2 Å². The molecule has 0 bridgehead atoms. The Bertz CT molecular complexity index is 684. The number of rotatable bonds is 4. The number of hydrogen-bond acceptors (Lipinski definition) is 5. The summed E-state index contributed by atoms with van der Waals surface area (Å²) in [4.78, 5) is 12.3. The van der Waals surface area contributed by atoms with Crippen molar-refractivity contribution < 1.29 is 0 Å². The second-order valence-electron chi connectivity index (χ2n) is 4.15. The highest BCUT2D eigenvalue weighted by Crippen LogP contribution is 2.30. The molecule has 0 atom stereocenters. The van der Waals surface area contributed by atoms with Gasteiger partial charge in [-0.2, -0.15) is 0 Å². The Hall–Kier alpha value is -1.66. The van der Waals surface area contributed by atoms with Crippen LogP contribution in [0.2, 0.25) is 0 Å².